The number of hydrogen-bond donors (Lipinski definition) is 0. The Morgan fingerprint density at radius 2 is 1.60 bits per heavy atom. The van der Waals surface area contributed by atoms with E-state index in [1.807, 2.05) is 6.92 Å². The first kappa shape index (κ1) is 22.6. The van der Waals surface area contributed by atoms with Crippen LogP contribution in [-0.2, 0) is 0 Å². The van der Waals surface area contributed by atoms with E-state index in [2.05, 4.69) is 75.6 Å². The van der Waals surface area contributed by atoms with Crippen LogP contribution in [0.4, 0.5) is 5.82 Å². The van der Waals surface area contributed by atoms with E-state index in [9.17, 15) is 0 Å². The summed E-state index contributed by atoms with van der Waals surface area (Å²) >= 11 is 0. The lowest BCUT2D eigenvalue weighted by atomic mass is 9.89. The lowest BCUT2D eigenvalue weighted by Gasteiger charge is -2.27. The van der Waals surface area contributed by atoms with Gasteiger partial charge in [-0.3, -0.25) is 4.90 Å². The van der Waals surface area contributed by atoms with Crippen molar-refractivity contribution >= 4 is 41.4 Å². The van der Waals surface area contributed by atoms with E-state index >= 15 is 0 Å². The van der Waals surface area contributed by atoms with Gasteiger partial charge in [0.2, 0.25) is 0 Å². The number of likely N-dealkylation sites (tertiary alicyclic amines) is 1. The van der Waals surface area contributed by atoms with Gasteiger partial charge in [-0.25, -0.2) is 0 Å². The van der Waals surface area contributed by atoms with Crippen LogP contribution in [0, 0.1) is 18.8 Å². The SMILES string of the molecule is COc1ccc([C@@H]2[C@@H]3CN(c4nnc(C)c5ccccc45)C[C@@H]3CN2C)cc1.Cl.Cl. The molecule has 2 aromatic carbocycles. The number of rotatable bonds is 3. The van der Waals surface area contributed by atoms with Crippen LogP contribution in [0.1, 0.15) is 17.3 Å². The van der Waals surface area contributed by atoms with E-state index in [-0.39, 0.29) is 24.8 Å². The predicted molar refractivity (Wildman–Crippen MR) is 126 cm³/mol. The minimum atomic E-state index is 0. The number of halogens is 2. The molecular formula is C23H28Cl2N4O. The van der Waals surface area contributed by atoms with Gasteiger partial charge >= 0.3 is 0 Å². The van der Waals surface area contributed by atoms with Crippen molar-refractivity contribution in [3.63, 3.8) is 0 Å². The summed E-state index contributed by atoms with van der Waals surface area (Å²) < 4.78 is 5.33. The van der Waals surface area contributed by atoms with Crippen LogP contribution < -0.4 is 9.64 Å². The van der Waals surface area contributed by atoms with Gasteiger partial charge in [0.15, 0.2) is 5.82 Å². The Morgan fingerprint density at radius 3 is 2.30 bits per heavy atom. The number of benzene rings is 2. The fourth-order valence-corrected chi connectivity index (χ4v) is 5.19. The first-order valence-electron chi connectivity index (χ1n) is 9.97. The summed E-state index contributed by atoms with van der Waals surface area (Å²) in [5.41, 5.74) is 2.37. The second-order valence-electron chi connectivity index (χ2n) is 8.14. The molecule has 0 radical (unpaired) electrons. The van der Waals surface area contributed by atoms with Gasteiger partial charge in [0.25, 0.3) is 0 Å². The van der Waals surface area contributed by atoms with Crippen molar-refractivity contribution in [1.29, 1.82) is 0 Å². The van der Waals surface area contributed by atoms with E-state index in [1.165, 1.54) is 16.3 Å². The monoisotopic (exact) mass is 446 g/mol. The molecule has 0 spiro atoms. The van der Waals surface area contributed by atoms with Crippen molar-refractivity contribution in [2.75, 3.05) is 38.7 Å². The molecule has 2 fully saturated rings. The number of aromatic nitrogens is 2. The summed E-state index contributed by atoms with van der Waals surface area (Å²) in [4.78, 5) is 4.96. The van der Waals surface area contributed by atoms with Crippen molar-refractivity contribution in [3.05, 3.63) is 59.8 Å². The molecule has 0 unspecified atom stereocenters. The third kappa shape index (κ3) is 3.70. The highest BCUT2D eigenvalue weighted by molar-refractivity contribution is 5.93. The Labute approximate surface area is 190 Å². The molecule has 3 heterocycles. The van der Waals surface area contributed by atoms with E-state index in [4.69, 9.17) is 4.74 Å². The summed E-state index contributed by atoms with van der Waals surface area (Å²) in [6.07, 6.45) is 0. The van der Waals surface area contributed by atoms with E-state index in [1.54, 1.807) is 7.11 Å². The maximum Gasteiger partial charge on any atom is 0.159 e. The molecule has 3 atom stereocenters. The van der Waals surface area contributed by atoms with Crippen LogP contribution in [-0.4, -0.2) is 48.9 Å². The second kappa shape index (κ2) is 8.96. The molecule has 30 heavy (non-hydrogen) atoms. The number of anilines is 1. The first-order valence-corrected chi connectivity index (χ1v) is 9.97. The fourth-order valence-electron chi connectivity index (χ4n) is 5.19. The lowest BCUT2D eigenvalue weighted by Crippen LogP contribution is -2.29. The fraction of sp³-hybridized carbons (Fsp3) is 0.391. The van der Waals surface area contributed by atoms with Crippen LogP contribution >= 0.6 is 24.8 Å². The van der Waals surface area contributed by atoms with Crippen molar-refractivity contribution in [3.8, 4) is 5.75 Å². The number of fused-ring (bicyclic) bond motifs is 2. The summed E-state index contributed by atoms with van der Waals surface area (Å²) in [6, 6.07) is 17.5. The third-order valence-corrected chi connectivity index (χ3v) is 6.50. The Kier molecular flexibility index (Phi) is 6.75. The smallest absolute Gasteiger partial charge is 0.159 e. The maximum atomic E-state index is 5.33. The molecule has 2 saturated heterocycles. The number of aryl methyl sites for hydroxylation is 1. The van der Waals surface area contributed by atoms with E-state index in [0.29, 0.717) is 17.9 Å². The molecule has 2 aliphatic heterocycles. The average molecular weight is 447 g/mol. The zero-order chi connectivity index (χ0) is 19.3. The molecule has 0 saturated carbocycles. The Balaban J connectivity index is 0.00000128. The molecule has 0 N–H and O–H groups in total. The van der Waals surface area contributed by atoms with Gasteiger partial charge in [0.05, 0.1) is 12.8 Å². The number of hydrogen-bond acceptors (Lipinski definition) is 5. The second-order valence-corrected chi connectivity index (χ2v) is 8.14. The molecular weight excluding hydrogens is 419 g/mol. The molecule has 0 amide bonds. The number of nitrogens with zero attached hydrogens (tertiary/aromatic N) is 4. The molecule has 0 bridgehead atoms. The van der Waals surface area contributed by atoms with Crippen LogP contribution in [0.3, 0.4) is 0 Å². The van der Waals surface area contributed by atoms with E-state index in [0.717, 1.165) is 36.9 Å². The normalized spacial score (nSPS) is 23.0. The van der Waals surface area contributed by atoms with Crippen LogP contribution in [0.5, 0.6) is 5.75 Å². The van der Waals surface area contributed by atoms with Gasteiger partial charge < -0.3 is 9.64 Å². The number of methoxy groups -OCH3 is 1. The Bertz CT molecular complexity index is 1010. The molecule has 7 heteroatoms. The summed E-state index contributed by atoms with van der Waals surface area (Å²) in [6.45, 7) is 5.22. The Hall–Kier alpha value is -2.08. The standard InChI is InChI=1S/C23H26N4O.2ClH/c1-15-19-6-4-5-7-20(19)23(25-24-15)27-13-17-12-26(2)22(21(17)14-27)16-8-10-18(28-3)11-9-16;;/h4-11,17,21-22H,12-14H2,1-3H3;2*1H/t17-,21+,22+;;/m0../s1. The summed E-state index contributed by atoms with van der Waals surface area (Å²) in [5.74, 6) is 3.20. The quantitative estimate of drug-likeness (QED) is 0.590. The lowest BCUT2D eigenvalue weighted by molar-refractivity contribution is 0.279. The maximum absolute atomic E-state index is 5.33. The summed E-state index contributed by atoms with van der Waals surface area (Å²) in [7, 11) is 3.97. The third-order valence-electron chi connectivity index (χ3n) is 6.50. The molecule has 3 aromatic rings. The van der Waals surface area contributed by atoms with Crippen molar-refractivity contribution < 1.29 is 4.74 Å². The van der Waals surface area contributed by atoms with Crippen LogP contribution in [0.2, 0.25) is 0 Å². The molecule has 5 rings (SSSR count). The molecule has 2 aliphatic rings. The Morgan fingerprint density at radius 1 is 0.900 bits per heavy atom. The highest BCUT2D eigenvalue weighted by atomic mass is 35.5. The highest BCUT2D eigenvalue weighted by Gasteiger charge is 2.46. The first-order chi connectivity index (χ1) is 13.7. The van der Waals surface area contributed by atoms with Gasteiger partial charge in [-0.1, -0.05) is 36.4 Å². The van der Waals surface area contributed by atoms with Gasteiger partial charge in [-0.2, -0.15) is 5.10 Å². The zero-order valence-corrected chi connectivity index (χ0v) is 19.1. The van der Waals surface area contributed by atoms with Gasteiger partial charge in [0.1, 0.15) is 5.75 Å². The van der Waals surface area contributed by atoms with E-state index < -0.39 is 0 Å². The average Bonchev–Trinajstić information content (AvgIpc) is 3.25. The topological polar surface area (TPSA) is 41.5 Å². The minimum Gasteiger partial charge on any atom is -0.497 e. The van der Waals surface area contributed by atoms with Crippen molar-refractivity contribution in [1.82, 2.24) is 15.1 Å². The molecule has 5 nitrogen and oxygen atoms in total. The highest BCUT2D eigenvalue weighted by Crippen LogP contribution is 2.45. The predicted octanol–water partition coefficient (Wildman–Crippen LogP) is 4.53. The minimum absolute atomic E-state index is 0. The molecule has 1 aromatic heterocycles. The van der Waals surface area contributed by atoms with Crippen LogP contribution in [0.25, 0.3) is 10.8 Å². The zero-order valence-electron chi connectivity index (χ0n) is 17.5. The van der Waals surface area contributed by atoms with Gasteiger partial charge in [-0.15, -0.1) is 29.9 Å². The van der Waals surface area contributed by atoms with Gasteiger partial charge in [0, 0.05) is 42.4 Å². The molecule has 160 valence electrons. The van der Waals surface area contributed by atoms with Crippen LogP contribution in [0.15, 0.2) is 48.5 Å². The van der Waals surface area contributed by atoms with Crippen molar-refractivity contribution in [2.45, 2.75) is 13.0 Å². The van der Waals surface area contributed by atoms with Crippen molar-refractivity contribution in [2.24, 2.45) is 11.8 Å². The van der Waals surface area contributed by atoms with Gasteiger partial charge in [-0.05, 0) is 37.6 Å². The summed E-state index contributed by atoms with van der Waals surface area (Å²) in [5, 5.41) is 11.5. The molecule has 0 aliphatic carbocycles. The largest absolute Gasteiger partial charge is 0.497 e. The number of ether oxygens (including phenoxy) is 1.